The van der Waals surface area contributed by atoms with Crippen molar-refractivity contribution in [3.05, 3.63) is 0 Å². The molecule has 0 aliphatic rings. The molecule has 0 aromatic carbocycles. The van der Waals surface area contributed by atoms with Crippen LogP contribution in [0.4, 0.5) is 0 Å². The molecule has 2 atom stereocenters. The Hall–Kier alpha value is 0.700. The van der Waals surface area contributed by atoms with Gasteiger partial charge in [0.15, 0.2) is 0 Å². The number of hydrogen-bond acceptors (Lipinski definition) is 2. The summed E-state index contributed by atoms with van der Waals surface area (Å²) >= 11 is 0. The maximum Gasteiger partial charge on any atom is 0.0179 e. The average molecular weight is 319 g/mol. The summed E-state index contributed by atoms with van der Waals surface area (Å²) in [5.74, 6) is 0.941. The van der Waals surface area contributed by atoms with Gasteiger partial charge in [0, 0.05) is 10.00 Å². The first-order valence-corrected chi connectivity index (χ1v) is 11.0. The van der Waals surface area contributed by atoms with Crippen molar-refractivity contribution in [3.63, 3.8) is 0 Å². The van der Waals surface area contributed by atoms with Crippen LogP contribution in [0.5, 0.6) is 0 Å². The van der Waals surface area contributed by atoms with Crippen molar-refractivity contribution in [2.24, 2.45) is 5.92 Å². The van der Waals surface area contributed by atoms with Gasteiger partial charge in [-0.2, -0.15) is 0 Å². The summed E-state index contributed by atoms with van der Waals surface area (Å²) in [7, 11) is 4.26. The Morgan fingerprint density at radius 2 is 1.40 bits per heavy atom. The van der Waals surface area contributed by atoms with Crippen molar-refractivity contribution in [1.29, 1.82) is 0 Å². The minimum Gasteiger partial charge on any atom is -0.0899 e. The maximum absolute atomic E-state index is 2.38. The van der Waals surface area contributed by atoms with Gasteiger partial charge in [0.25, 0.3) is 0 Å². The van der Waals surface area contributed by atoms with Crippen molar-refractivity contribution in [2.75, 3.05) is 0 Å². The normalized spacial score (nSPS) is 15.3. The van der Waals surface area contributed by atoms with Gasteiger partial charge < -0.3 is 0 Å². The molecular weight excluding hydrogens is 280 g/mol. The summed E-state index contributed by atoms with van der Waals surface area (Å²) in [5, 5.41) is 0.854. The molecule has 0 amide bonds. The fourth-order valence-electron chi connectivity index (χ4n) is 2.50. The van der Waals surface area contributed by atoms with Crippen LogP contribution >= 0.6 is 21.6 Å². The van der Waals surface area contributed by atoms with Crippen LogP contribution in [0.2, 0.25) is 0 Å². The fraction of sp³-hybridized carbons (Fsp3) is 1.00. The lowest BCUT2D eigenvalue weighted by Gasteiger charge is -2.28. The van der Waals surface area contributed by atoms with Crippen LogP contribution in [-0.2, 0) is 0 Å². The first-order valence-electron chi connectivity index (χ1n) is 8.79. The van der Waals surface area contributed by atoms with Gasteiger partial charge in [-0.3, -0.25) is 0 Å². The molecule has 1 unspecified atom stereocenters. The highest BCUT2D eigenvalue weighted by molar-refractivity contribution is 8.77. The van der Waals surface area contributed by atoms with E-state index < -0.39 is 0 Å². The quantitative estimate of drug-likeness (QED) is 0.267. The Kier molecular flexibility index (Phi) is 12.7. The molecule has 0 heterocycles. The molecule has 0 N–H and O–H groups in total. The van der Waals surface area contributed by atoms with Gasteiger partial charge in [0.1, 0.15) is 0 Å². The number of unbranched alkanes of at least 4 members (excludes halogenated alkanes) is 4. The van der Waals surface area contributed by atoms with Crippen molar-refractivity contribution < 1.29 is 0 Å². The van der Waals surface area contributed by atoms with Gasteiger partial charge in [0.2, 0.25) is 0 Å². The van der Waals surface area contributed by atoms with E-state index in [2.05, 4.69) is 63.1 Å². The van der Waals surface area contributed by atoms with Crippen LogP contribution in [0.3, 0.4) is 0 Å². The molecule has 0 saturated carbocycles. The van der Waals surface area contributed by atoms with Gasteiger partial charge in [-0.15, -0.1) is 0 Å². The van der Waals surface area contributed by atoms with Crippen molar-refractivity contribution in [3.8, 4) is 0 Å². The van der Waals surface area contributed by atoms with Crippen LogP contribution in [0.25, 0.3) is 0 Å². The molecule has 0 nitrogen and oxygen atoms in total. The molecule has 0 aliphatic heterocycles. The van der Waals surface area contributed by atoms with E-state index in [-0.39, 0.29) is 0 Å². The molecule has 0 fully saturated rings. The lowest BCUT2D eigenvalue weighted by molar-refractivity contribution is 0.395. The van der Waals surface area contributed by atoms with Gasteiger partial charge >= 0.3 is 0 Å². The molecular formula is C18H38S2. The van der Waals surface area contributed by atoms with E-state index in [0.717, 1.165) is 11.2 Å². The SMILES string of the molecule is CCCCCCC(CCCC)[C@@H](CC)SSC(C)(C)C. The predicted molar refractivity (Wildman–Crippen MR) is 101 cm³/mol. The summed E-state index contributed by atoms with van der Waals surface area (Å²) in [6.07, 6.45) is 12.6. The van der Waals surface area contributed by atoms with Gasteiger partial charge in [-0.25, -0.2) is 0 Å². The highest BCUT2D eigenvalue weighted by Crippen LogP contribution is 2.43. The van der Waals surface area contributed by atoms with Crippen LogP contribution in [0.1, 0.15) is 99.3 Å². The van der Waals surface area contributed by atoms with Crippen molar-refractivity contribution in [1.82, 2.24) is 0 Å². The molecule has 0 rings (SSSR count). The summed E-state index contributed by atoms with van der Waals surface area (Å²) in [6, 6.07) is 0. The average Bonchev–Trinajstić information content (AvgIpc) is 2.39. The largest absolute Gasteiger partial charge is 0.0899 e. The van der Waals surface area contributed by atoms with Crippen LogP contribution in [0.15, 0.2) is 0 Å². The second kappa shape index (κ2) is 12.3. The van der Waals surface area contributed by atoms with Gasteiger partial charge in [-0.05, 0) is 25.2 Å². The maximum atomic E-state index is 2.38. The van der Waals surface area contributed by atoms with Crippen LogP contribution in [-0.4, -0.2) is 10.00 Å². The smallest absolute Gasteiger partial charge is 0.0179 e. The molecule has 0 aliphatic carbocycles. The minimum atomic E-state index is 0.385. The Labute approximate surface area is 137 Å². The first-order chi connectivity index (χ1) is 9.44. The van der Waals surface area contributed by atoms with E-state index >= 15 is 0 Å². The summed E-state index contributed by atoms with van der Waals surface area (Å²) in [4.78, 5) is 0. The van der Waals surface area contributed by atoms with Crippen molar-refractivity contribution >= 4 is 21.6 Å². The molecule has 122 valence electrons. The number of hydrogen-bond donors (Lipinski definition) is 0. The first kappa shape index (κ1) is 20.7. The third-order valence-corrected chi connectivity index (χ3v) is 7.80. The third-order valence-electron chi connectivity index (χ3n) is 3.71. The summed E-state index contributed by atoms with van der Waals surface area (Å²) < 4.78 is 0.385. The number of rotatable bonds is 12. The topological polar surface area (TPSA) is 0 Å². The highest BCUT2D eigenvalue weighted by atomic mass is 33.1. The lowest BCUT2D eigenvalue weighted by Crippen LogP contribution is -2.18. The zero-order valence-corrected chi connectivity index (χ0v) is 16.5. The molecule has 0 radical (unpaired) electrons. The van der Waals surface area contributed by atoms with Crippen molar-refractivity contribution in [2.45, 2.75) is 109 Å². The zero-order chi connectivity index (χ0) is 15.4. The van der Waals surface area contributed by atoms with E-state index in [4.69, 9.17) is 0 Å². The molecule has 0 aromatic heterocycles. The van der Waals surface area contributed by atoms with E-state index in [0.29, 0.717) is 4.75 Å². The fourth-order valence-corrected chi connectivity index (χ4v) is 5.60. The molecule has 2 heteroatoms. The standard InChI is InChI=1S/C18H38S2/c1-7-10-12-13-15-16(14-11-8-2)17(9-3)19-20-18(4,5)6/h16-17H,7-15H2,1-6H3/t16?,17-/m1/s1. The second-order valence-corrected chi connectivity index (χ2v) is 10.3. The zero-order valence-electron chi connectivity index (χ0n) is 14.8. The van der Waals surface area contributed by atoms with Crippen LogP contribution < -0.4 is 0 Å². The van der Waals surface area contributed by atoms with E-state index in [9.17, 15) is 0 Å². The molecule has 0 saturated heterocycles. The van der Waals surface area contributed by atoms with E-state index in [1.807, 2.05) is 0 Å². The summed E-state index contributed by atoms with van der Waals surface area (Å²) in [5.41, 5.74) is 0. The van der Waals surface area contributed by atoms with E-state index in [1.165, 1.54) is 57.8 Å². The third kappa shape index (κ3) is 11.4. The lowest BCUT2D eigenvalue weighted by atomic mass is 9.91. The predicted octanol–water partition coefficient (Wildman–Crippen LogP) is 7.72. The Morgan fingerprint density at radius 1 is 0.800 bits per heavy atom. The van der Waals surface area contributed by atoms with E-state index in [1.54, 1.807) is 0 Å². The highest BCUT2D eigenvalue weighted by Gasteiger charge is 2.23. The van der Waals surface area contributed by atoms with Gasteiger partial charge in [-0.1, -0.05) is 102 Å². The monoisotopic (exact) mass is 318 g/mol. The van der Waals surface area contributed by atoms with Gasteiger partial charge in [0.05, 0.1) is 0 Å². The molecule has 20 heavy (non-hydrogen) atoms. The van der Waals surface area contributed by atoms with Crippen LogP contribution in [0, 0.1) is 5.92 Å². The Balaban J connectivity index is 4.29. The minimum absolute atomic E-state index is 0.385. The molecule has 0 bridgehead atoms. The molecule has 0 spiro atoms. The molecule has 0 aromatic rings. The Morgan fingerprint density at radius 3 is 1.90 bits per heavy atom. The summed E-state index contributed by atoms with van der Waals surface area (Å²) in [6.45, 7) is 14.0. The second-order valence-electron chi connectivity index (χ2n) is 6.99. The Bertz CT molecular complexity index is 208.